The molecular formula is C30H36ClNO11. The molecule has 0 amide bonds. The van der Waals surface area contributed by atoms with Crippen LogP contribution in [-0.4, -0.2) is 60.9 Å². The fourth-order valence-electron chi connectivity index (χ4n) is 4.03. The smallest absolute Gasteiger partial charge is 0.431 e. The van der Waals surface area contributed by atoms with Crippen LogP contribution >= 0.6 is 11.6 Å². The highest BCUT2D eigenvalue weighted by Crippen LogP contribution is 2.41. The molecule has 0 saturated carbocycles. The van der Waals surface area contributed by atoms with Gasteiger partial charge in [0.25, 0.3) is 0 Å². The van der Waals surface area contributed by atoms with Crippen LogP contribution in [0.5, 0.6) is 11.5 Å². The molecular weight excluding hydrogens is 586 g/mol. The van der Waals surface area contributed by atoms with Crippen molar-refractivity contribution in [1.82, 2.24) is 5.32 Å². The van der Waals surface area contributed by atoms with Gasteiger partial charge in [-0.2, -0.15) is 0 Å². The zero-order valence-electron chi connectivity index (χ0n) is 24.3. The largest absolute Gasteiger partial charge is 0.453 e. The lowest BCUT2D eigenvalue weighted by molar-refractivity contribution is -0.214. The van der Waals surface area contributed by atoms with Crippen LogP contribution in [-0.2, 0) is 44.5 Å². The van der Waals surface area contributed by atoms with Gasteiger partial charge in [0, 0.05) is 30.5 Å². The van der Waals surface area contributed by atoms with E-state index in [1.807, 2.05) is 6.92 Å². The Morgan fingerprint density at radius 2 is 1.49 bits per heavy atom. The minimum absolute atomic E-state index is 0.0561. The number of hydrogen-bond acceptors (Lipinski definition) is 12. The zero-order valence-corrected chi connectivity index (χ0v) is 25.0. The normalized spacial score (nSPS) is 14.3. The number of halogens is 1. The Bertz CT molecular complexity index is 1250. The molecule has 0 spiro atoms. The molecule has 1 heterocycles. The number of esters is 4. The van der Waals surface area contributed by atoms with Gasteiger partial charge in [0.15, 0.2) is 11.5 Å². The van der Waals surface area contributed by atoms with E-state index in [2.05, 4.69) is 5.32 Å². The Morgan fingerprint density at radius 1 is 0.884 bits per heavy atom. The van der Waals surface area contributed by atoms with Gasteiger partial charge in [-0.25, -0.2) is 9.59 Å². The first kappa shape index (κ1) is 33.6. The third kappa shape index (κ3) is 9.57. The summed E-state index contributed by atoms with van der Waals surface area (Å²) in [6.07, 6.45) is 1.00. The van der Waals surface area contributed by atoms with E-state index in [9.17, 15) is 24.3 Å². The van der Waals surface area contributed by atoms with Crippen LogP contribution in [0.2, 0.25) is 5.02 Å². The van der Waals surface area contributed by atoms with E-state index < -0.39 is 49.4 Å². The van der Waals surface area contributed by atoms with E-state index in [0.29, 0.717) is 29.8 Å². The first-order valence-electron chi connectivity index (χ1n) is 13.9. The summed E-state index contributed by atoms with van der Waals surface area (Å²) in [5.41, 5.74) is 1.45. The second-order valence-electron chi connectivity index (χ2n) is 9.82. The Hall–Kier alpha value is -3.87. The van der Waals surface area contributed by atoms with E-state index in [1.165, 1.54) is 6.07 Å². The summed E-state index contributed by atoms with van der Waals surface area (Å²) in [5.74, 6) is -6.46. The molecule has 0 radical (unpaired) electrons. The van der Waals surface area contributed by atoms with Crippen molar-refractivity contribution in [1.29, 1.82) is 0 Å². The quantitative estimate of drug-likeness (QED) is 0.159. The van der Waals surface area contributed by atoms with E-state index in [-0.39, 0.29) is 36.9 Å². The van der Waals surface area contributed by atoms with E-state index in [0.717, 1.165) is 5.56 Å². The highest BCUT2D eigenvalue weighted by Gasteiger charge is 2.60. The molecule has 43 heavy (non-hydrogen) atoms. The predicted octanol–water partition coefficient (Wildman–Crippen LogP) is 3.75. The minimum atomic E-state index is -2.72. The molecule has 0 bridgehead atoms. The number of aliphatic hydroxyl groups is 1. The lowest BCUT2D eigenvalue weighted by atomic mass is 10.1. The molecule has 0 saturated heterocycles. The van der Waals surface area contributed by atoms with Gasteiger partial charge < -0.3 is 38.8 Å². The first-order valence-corrected chi connectivity index (χ1v) is 14.3. The Labute approximate surface area is 254 Å². The van der Waals surface area contributed by atoms with Crippen molar-refractivity contribution in [3.63, 3.8) is 0 Å². The van der Waals surface area contributed by atoms with Crippen molar-refractivity contribution in [2.75, 3.05) is 20.1 Å². The molecule has 13 heteroatoms. The second kappa shape index (κ2) is 16.1. The molecule has 0 fully saturated rings. The number of benzene rings is 2. The van der Waals surface area contributed by atoms with Gasteiger partial charge in [-0.05, 0) is 61.6 Å². The van der Waals surface area contributed by atoms with Gasteiger partial charge in [-0.3, -0.25) is 9.59 Å². The van der Waals surface area contributed by atoms with Gasteiger partial charge in [0.1, 0.15) is 0 Å². The predicted molar refractivity (Wildman–Crippen MR) is 152 cm³/mol. The van der Waals surface area contributed by atoms with E-state index in [1.54, 1.807) is 50.2 Å². The van der Waals surface area contributed by atoms with Crippen molar-refractivity contribution in [3.05, 3.63) is 58.6 Å². The average Bonchev–Trinajstić information content (AvgIpc) is 3.36. The number of carbonyl (C=O) groups is 4. The SMILES string of the molecule is CCCC(=O)OCOC(=O)C1(C(=O)OCOC(=O)CCC)Oc2ccc(C[C@@H](C)NC[C@H](O)c3cccc(Cl)c3)cc2O1. The summed E-state index contributed by atoms with van der Waals surface area (Å²) in [5, 5.41) is 14.3. The molecule has 234 valence electrons. The molecule has 3 rings (SSSR count). The molecule has 0 aromatic heterocycles. The third-order valence-corrected chi connectivity index (χ3v) is 6.45. The Kier molecular flexibility index (Phi) is 12.6. The highest BCUT2D eigenvalue weighted by atomic mass is 35.5. The highest BCUT2D eigenvalue weighted by molar-refractivity contribution is 6.30. The van der Waals surface area contributed by atoms with Crippen LogP contribution in [0.15, 0.2) is 42.5 Å². The lowest BCUT2D eigenvalue weighted by Gasteiger charge is -2.22. The first-order chi connectivity index (χ1) is 20.6. The average molecular weight is 622 g/mol. The standard InChI is InChI=1S/C30H36ClNO11/c1-4-7-26(34)38-17-40-28(36)30(29(37)41-18-39-27(35)8-5-2)42-24-12-11-20(14-25(24)43-30)13-19(3)32-16-23(33)21-9-6-10-22(31)15-21/h6,9-12,14-15,19,23,32-33H,4-5,7-8,13,16-18H2,1-3H3/t19-,23+/m1/s1. The summed E-state index contributed by atoms with van der Waals surface area (Å²) in [4.78, 5) is 49.4. The molecule has 2 aromatic carbocycles. The van der Waals surface area contributed by atoms with Crippen LogP contribution < -0.4 is 14.8 Å². The van der Waals surface area contributed by atoms with Crippen molar-refractivity contribution >= 4 is 35.5 Å². The molecule has 1 aliphatic rings. The van der Waals surface area contributed by atoms with Crippen LogP contribution in [0, 0.1) is 0 Å². The fourth-order valence-corrected chi connectivity index (χ4v) is 4.23. The summed E-state index contributed by atoms with van der Waals surface area (Å²) < 4.78 is 30.9. The maximum Gasteiger partial charge on any atom is 0.453 e. The van der Waals surface area contributed by atoms with Gasteiger partial charge in [0.2, 0.25) is 13.6 Å². The van der Waals surface area contributed by atoms with Crippen LogP contribution in [0.3, 0.4) is 0 Å². The Balaban J connectivity index is 1.67. The minimum Gasteiger partial charge on any atom is -0.431 e. The summed E-state index contributed by atoms with van der Waals surface area (Å²) in [7, 11) is 0. The number of ether oxygens (including phenoxy) is 6. The molecule has 2 aromatic rings. The zero-order chi connectivity index (χ0) is 31.4. The maximum atomic E-state index is 13.1. The summed E-state index contributed by atoms with van der Waals surface area (Å²) in [6, 6.07) is 11.7. The molecule has 1 aliphatic heterocycles. The third-order valence-electron chi connectivity index (χ3n) is 6.22. The van der Waals surface area contributed by atoms with Gasteiger partial charge in [0.05, 0.1) is 6.10 Å². The van der Waals surface area contributed by atoms with Crippen LogP contribution in [0.25, 0.3) is 0 Å². The molecule has 0 aliphatic carbocycles. The topological polar surface area (TPSA) is 156 Å². The summed E-state index contributed by atoms with van der Waals surface area (Å²) >= 11 is 6.01. The van der Waals surface area contributed by atoms with E-state index in [4.69, 9.17) is 40.0 Å². The Morgan fingerprint density at radius 3 is 2.07 bits per heavy atom. The van der Waals surface area contributed by atoms with Gasteiger partial charge in [-0.15, -0.1) is 0 Å². The number of aliphatic hydroxyl groups excluding tert-OH is 1. The lowest BCUT2D eigenvalue weighted by Crippen LogP contribution is -2.56. The van der Waals surface area contributed by atoms with Crippen molar-refractivity contribution in [2.24, 2.45) is 0 Å². The fraction of sp³-hybridized carbons (Fsp3) is 0.467. The molecule has 2 atom stereocenters. The number of carbonyl (C=O) groups excluding carboxylic acids is 4. The monoisotopic (exact) mass is 621 g/mol. The summed E-state index contributed by atoms with van der Waals surface area (Å²) in [6.45, 7) is 4.19. The number of hydrogen-bond donors (Lipinski definition) is 2. The number of rotatable bonds is 16. The van der Waals surface area contributed by atoms with Crippen molar-refractivity contribution in [3.8, 4) is 11.5 Å². The maximum absolute atomic E-state index is 13.1. The second-order valence-corrected chi connectivity index (χ2v) is 10.3. The van der Waals surface area contributed by atoms with Crippen LogP contribution in [0.4, 0.5) is 0 Å². The van der Waals surface area contributed by atoms with Crippen molar-refractivity contribution < 1.29 is 52.7 Å². The number of nitrogens with one attached hydrogen (secondary N) is 1. The van der Waals surface area contributed by atoms with Gasteiger partial charge >= 0.3 is 29.7 Å². The molecule has 2 N–H and O–H groups in total. The van der Waals surface area contributed by atoms with Gasteiger partial charge in [-0.1, -0.05) is 43.6 Å². The number of fused-ring (bicyclic) bond motifs is 1. The molecule has 0 unspecified atom stereocenters. The van der Waals surface area contributed by atoms with Crippen molar-refractivity contribution in [2.45, 2.75) is 70.8 Å². The molecule has 12 nitrogen and oxygen atoms in total. The van der Waals surface area contributed by atoms with E-state index >= 15 is 0 Å². The van der Waals surface area contributed by atoms with Crippen LogP contribution in [0.1, 0.15) is 63.7 Å².